The Morgan fingerprint density at radius 1 is 1.24 bits per heavy atom. The molecule has 0 saturated heterocycles. The van der Waals surface area contributed by atoms with Crippen LogP contribution in [0.5, 0.6) is 0 Å². The number of rotatable bonds is 4. The summed E-state index contributed by atoms with van der Waals surface area (Å²) in [7, 11) is 0. The van der Waals surface area contributed by atoms with E-state index in [0.717, 1.165) is 16.8 Å². The first kappa shape index (κ1) is 15.2. The van der Waals surface area contributed by atoms with Gasteiger partial charge in [0.05, 0.1) is 12.5 Å². The highest BCUT2D eigenvalue weighted by Gasteiger charge is 2.14. The highest BCUT2D eigenvalue weighted by molar-refractivity contribution is 5.91. The fourth-order valence-corrected chi connectivity index (χ4v) is 2.16. The van der Waals surface area contributed by atoms with E-state index in [2.05, 4.69) is 5.32 Å². The van der Waals surface area contributed by atoms with Gasteiger partial charge in [0.1, 0.15) is 5.82 Å². The van der Waals surface area contributed by atoms with Crippen LogP contribution < -0.4 is 5.32 Å². The summed E-state index contributed by atoms with van der Waals surface area (Å²) in [4.78, 5) is 12.0. The molecule has 2 aromatic rings. The van der Waals surface area contributed by atoms with Gasteiger partial charge in [0.25, 0.3) is 0 Å². The maximum absolute atomic E-state index is 13.1. The van der Waals surface area contributed by atoms with Crippen LogP contribution in [0.4, 0.5) is 10.1 Å². The Hall–Kier alpha value is -2.20. The fraction of sp³-hybridized carbons (Fsp3) is 0.235. The molecule has 0 aromatic heterocycles. The van der Waals surface area contributed by atoms with Gasteiger partial charge in [-0.15, -0.1) is 0 Å². The van der Waals surface area contributed by atoms with Crippen molar-refractivity contribution in [3.63, 3.8) is 0 Å². The van der Waals surface area contributed by atoms with Crippen molar-refractivity contribution in [2.75, 3.05) is 5.32 Å². The summed E-state index contributed by atoms with van der Waals surface area (Å²) >= 11 is 0. The van der Waals surface area contributed by atoms with Crippen LogP contribution in [0.3, 0.4) is 0 Å². The number of carbonyl (C=O) groups is 1. The molecule has 0 bridgehead atoms. The molecule has 4 heteroatoms. The van der Waals surface area contributed by atoms with Crippen molar-refractivity contribution in [1.29, 1.82) is 0 Å². The number of amides is 1. The molecule has 21 heavy (non-hydrogen) atoms. The second kappa shape index (κ2) is 6.50. The summed E-state index contributed by atoms with van der Waals surface area (Å²) in [5, 5.41) is 12.7. The Balaban J connectivity index is 2.01. The average Bonchev–Trinajstić information content (AvgIpc) is 2.42. The number of aliphatic hydroxyl groups excluding tert-OH is 1. The third-order valence-corrected chi connectivity index (χ3v) is 3.27. The van der Waals surface area contributed by atoms with Gasteiger partial charge < -0.3 is 10.4 Å². The Labute approximate surface area is 123 Å². The minimum absolute atomic E-state index is 0.114. The lowest BCUT2D eigenvalue weighted by atomic mass is 10.1. The summed E-state index contributed by atoms with van der Waals surface area (Å²) in [5.74, 6) is -0.736. The van der Waals surface area contributed by atoms with E-state index in [9.17, 15) is 14.3 Å². The van der Waals surface area contributed by atoms with Crippen LogP contribution in [-0.4, -0.2) is 11.0 Å². The number of aliphatic hydroxyl groups is 1. The Morgan fingerprint density at radius 3 is 2.67 bits per heavy atom. The molecule has 3 nitrogen and oxygen atoms in total. The van der Waals surface area contributed by atoms with Crippen LogP contribution in [0.1, 0.15) is 29.2 Å². The minimum atomic E-state index is -1.02. The van der Waals surface area contributed by atoms with Crippen LogP contribution in [0.2, 0.25) is 0 Å². The van der Waals surface area contributed by atoms with Crippen molar-refractivity contribution in [3.05, 3.63) is 65.0 Å². The number of halogens is 1. The molecule has 1 amide bonds. The van der Waals surface area contributed by atoms with Crippen molar-refractivity contribution >= 4 is 11.6 Å². The van der Waals surface area contributed by atoms with Gasteiger partial charge >= 0.3 is 0 Å². The van der Waals surface area contributed by atoms with Crippen molar-refractivity contribution in [2.45, 2.75) is 26.4 Å². The smallest absolute Gasteiger partial charge is 0.227 e. The quantitative estimate of drug-likeness (QED) is 0.904. The van der Waals surface area contributed by atoms with Gasteiger partial charge in [-0.3, -0.25) is 4.79 Å². The fourth-order valence-electron chi connectivity index (χ4n) is 2.16. The van der Waals surface area contributed by atoms with Crippen LogP contribution >= 0.6 is 0 Å². The van der Waals surface area contributed by atoms with Crippen LogP contribution in [-0.2, 0) is 4.79 Å². The summed E-state index contributed by atoms with van der Waals surface area (Å²) in [6.07, 6.45) is -1.14. The lowest BCUT2D eigenvalue weighted by molar-refractivity contribution is -0.118. The second-order valence-electron chi connectivity index (χ2n) is 5.14. The zero-order valence-corrected chi connectivity index (χ0v) is 12.1. The summed E-state index contributed by atoms with van der Waals surface area (Å²) in [6, 6.07) is 11.3. The molecule has 0 saturated carbocycles. The maximum atomic E-state index is 13.1. The second-order valence-corrected chi connectivity index (χ2v) is 5.14. The van der Waals surface area contributed by atoms with Crippen LogP contribution in [0, 0.1) is 19.7 Å². The molecule has 2 aromatic carbocycles. The van der Waals surface area contributed by atoms with Gasteiger partial charge in [-0.05, 0) is 43.2 Å². The highest BCUT2D eigenvalue weighted by Crippen LogP contribution is 2.20. The number of carbonyl (C=O) groups excluding carboxylic acids is 1. The van der Waals surface area contributed by atoms with E-state index in [1.165, 1.54) is 18.2 Å². The van der Waals surface area contributed by atoms with Gasteiger partial charge in [-0.1, -0.05) is 29.8 Å². The third kappa shape index (κ3) is 4.13. The average molecular weight is 287 g/mol. The zero-order valence-electron chi connectivity index (χ0n) is 12.1. The molecule has 0 heterocycles. The van der Waals surface area contributed by atoms with Gasteiger partial charge in [-0.2, -0.15) is 0 Å². The molecule has 2 rings (SSSR count). The molecule has 0 radical (unpaired) electrons. The molecule has 1 atom stereocenters. The molecule has 0 aliphatic rings. The zero-order chi connectivity index (χ0) is 15.4. The van der Waals surface area contributed by atoms with E-state index in [-0.39, 0.29) is 12.3 Å². The predicted molar refractivity (Wildman–Crippen MR) is 80.5 cm³/mol. The van der Waals surface area contributed by atoms with Crippen LogP contribution in [0.25, 0.3) is 0 Å². The standard InChI is InChI=1S/C17H18FNO2/c1-11-6-7-15(12(2)8-11)19-17(21)10-16(20)13-4-3-5-14(18)9-13/h3-9,16,20H,10H2,1-2H3,(H,19,21). The third-order valence-electron chi connectivity index (χ3n) is 3.27. The maximum Gasteiger partial charge on any atom is 0.227 e. The predicted octanol–water partition coefficient (Wildman–Crippen LogP) is 3.50. The number of anilines is 1. The molecular formula is C17H18FNO2. The van der Waals surface area contributed by atoms with Crippen molar-refractivity contribution < 1.29 is 14.3 Å². The van der Waals surface area contributed by atoms with E-state index in [1.807, 2.05) is 32.0 Å². The lowest BCUT2D eigenvalue weighted by Crippen LogP contribution is -2.16. The number of hydrogen-bond donors (Lipinski definition) is 2. The van der Waals surface area contributed by atoms with Gasteiger partial charge in [0, 0.05) is 5.69 Å². The first-order valence-corrected chi connectivity index (χ1v) is 6.76. The minimum Gasteiger partial charge on any atom is -0.388 e. The summed E-state index contributed by atoms with van der Waals surface area (Å²) in [5.41, 5.74) is 3.19. The van der Waals surface area contributed by atoms with Gasteiger partial charge in [-0.25, -0.2) is 4.39 Å². The van der Waals surface area contributed by atoms with Crippen molar-refractivity contribution in [1.82, 2.24) is 0 Å². The number of nitrogens with one attached hydrogen (secondary N) is 1. The molecule has 0 spiro atoms. The number of aryl methyl sites for hydroxylation is 2. The summed E-state index contributed by atoms with van der Waals surface area (Å²) in [6.45, 7) is 3.89. The largest absolute Gasteiger partial charge is 0.388 e. The van der Waals surface area contributed by atoms with E-state index < -0.39 is 11.9 Å². The summed E-state index contributed by atoms with van der Waals surface area (Å²) < 4.78 is 13.1. The Morgan fingerprint density at radius 2 is 2.00 bits per heavy atom. The SMILES string of the molecule is Cc1ccc(NC(=O)CC(O)c2cccc(F)c2)c(C)c1. The Bertz CT molecular complexity index is 655. The van der Waals surface area contributed by atoms with Crippen LogP contribution in [0.15, 0.2) is 42.5 Å². The Kier molecular flexibility index (Phi) is 4.70. The van der Waals surface area contributed by atoms with Crippen molar-refractivity contribution in [3.8, 4) is 0 Å². The molecule has 0 fully saturated rings. The van der Waals surface area contributed by atoms with E-state index in [1.54, 1.807) is 6.07 Å². The molecule has 0 aliphatic carbocycles. The van der Waals surface area contributed by atoms with Gasteiger partial charge in [0.2, 0.25) is 5.91 Å². The highest BCUT2D eigenvalue weighted by atomic mass is 19.1. The monoisotopic (exact) mass is 287 g/mol. The van der Waals surface area contributed by atoms with Crippen molar-refractivity contribution in [2.24, 2.45) is 0 Å². The molecule has 1 unspecified atom stereocenters. The number of benzene rings is 2. The lowest BCUT2D eigenvalue weighted by Gasteiger charge is -2.13. The molecule has 110 valence electrons. The molecule has 2 N–H and O–H groups in total. The van der Waals surface area contributed by atoms with E-state index >= 15 is 0 Å². The first-order chi connectivity index (χ1) is 9.95. The molecular weight excluding hydrogens is 269 g/mol. The van der Waals surface area contributed by atoms with E-state index in [0.29, 0.717) is 5.56 Å². The normalized spacial score (nSPS) is 12.0. The topological polar surface area (TPSA) is 49.3 Å². The molecule has 0 aliphatic heterocycles. The number of hydrogen-bond acceptors (Lipinski definition) is 2. The first-order valence-electron chi connectivity index (χ1n) is 6.76. The van der Waals surface area contributed by atoms with Gasteiger partial charge in [0.15, 0.2) is 0 Å². The van der Waals surface area contributed by atoms with E-state index in [4.69, 9.17) is 0 Å².